The predicted molar refractivity (Wildman–Crippen MR) is 211 cm³/mol. The monoisotopic (exact) mass is 934 g/mol. The summed E-state index contributed by atoms with van der Waals surface area (Å²) >= 11 is 0. The molecule has 0 aromatic carbocycles. The SMILES string of the molecule is CC(=O)N[C@H]1[C@@H](OC[C@H](N)C(=O)N[C@H](C(=O)N[C@@H](C)C(N)=O)[C@@H](C)O[C@H]2O[C@H](COC(C)=O)[C@H](OC(C)=O)[C@H](OC(C)=O)[C@H]2NC(C)=O)O[C@H](COC(C)=O)[C@H](OC(C)=O)[C@@H]1OC(C)=O. The number of esters is 6. The summed E-state index contributed by atoms with van der Waals surface area (Å²) in [6, 6.07) is -7.75. The fraction of sp³-hybridized carbons (Fsp3) is 0.711. The number of nitrogens with two attached hydrogens (primary N) is 2. The van der Waals surface area contributed by atoms with Crippen LogP contribution in [0.5, 0.6) is 0 Å². The molecule has 0 saturated carbocycles. The summed E-state index contributed by atoms with van der Waals surface area (Å²) in [5.74, 6) is -9.65. The van der Waals surface area contributed by atoms with E-state index in [9.17, 15) is 52.7 Å². The molecule has 65 heavy (non-hydrogen) atoms. The molecule has 0 radical (unpaired) electrons. The van der Waals surface area contributed by atoms with Crippen LogP contribution >= 0.6 is 0 Å². The third-order valence-electron chi connectivity index (χ3n) is 9.10. The maximum atomic E-state index is 13.8. The van der Waals surface area contributed by atoms with Crippen LogP contribution in [0.15, 0.2) is 0 Å². The number of primary amides is 1. The van der Waals surface area contributed by atoms with E-state index >= 15 is 0 Å². The highest BCUT2D eigenvalue weighted by atomic mass is 16.7. The van der Waals surface area contributed by atoms with Crippen LogP contribution in [0.3, 0.4) is 0 Å². The molecule has 2 rings (SSSR count). The molecule has 0 bridgehead atoms. The quantitative estimate of drug-likeness (QED) is 0.0467. The molecule has 2 aliphatic rings. The minimum atomic E-state index is -1.80. The minimum Gasteiger partial charge on any atom is -0.463 e. The van der Waals surface area contributed by atoms with Gasteiger partial charge in [0.05, 0.1) is 12.7 Å². The number of hydrogen-bond acceptors (Lipinski definition) is 22. The molecule has 27 heteroatoms. The van der Waals surface area contributed by atoms with Crippen molar-refractivity contribution in [2.75, 3.05) is 19.8 Å². The van der Waals surface area contributed by atoms with Crippen molar-refractivity contribution in [2.24, 2.45) is 11.5 Å². The molecule has 2 fully saturated rings. The Morgan fingerprint density at radius 1 is 0.554 bits per heavy atom. The number of ether oxygens (including phenoxy) is 10. The van der Waals surface area contributed by atoms with Gasteiger partial charge in [-0.25, -0.2) is 0 Å². The zero-order valence-corrected chi connectivity index (χ0v) is 37.4. The first-order valence-corrected chi connectivity index (χ1v) is 20.0. The zero-order chi connectivity index (χ0) is 49.5. The number of nitrogens with one attached hydrogen (secondary N) is 4. The van der Waals surface area contributed by atoms with Crippen LogP contribution in [0.1, 0.15) is 69.2 Å². The summed E-state index contributed by atoms with van der Waals surface area (Å²) in [5.41, 5.74) is 11.6. The number of carbonyl (C=O) groups is 11. The third-order valence-corrected chi connectivity index (χ3v) is 9.10. The van der Waals surface area contributed by atoms with Crippen LogP contribution in [0.4, 0.5) is 0 Å². The number of amides is 5. The molecule has 2 heterocycles. The van der Waals surface area contributed by atoms with Crippen LogP contribution < -0.4 is 32.7 Å². The minimum absolute atomic E-state index is 0.563. The molecule has 8 N–H and O–H groups in total. The van der Waals surface area contributed by atoms with Crippen molar-refractivity contribution in [3.05, 3.63) is 0 Å². The van der Waals surface area contributed by atoms with E-state index in [1.54, 1.807) is 0 Å². The Bertz CT molecular complexity index is 1780. The summed E-state index contributed by atoms with van der Waals surface area (Å²) in [6.07, 6.45) is -13.7. The molecule has 2 saturated heterocycles. The van der Waals surface area contributed by atoms with Crippen LogP contribution in [0, 0.1) is 0 Å². The first kappa shape index (κ1) is 55.1. The topological polar surface area (TPSA) is 380 Å². The van der Waals surface area contributed by atoms with Crippen molar-refractivity contribution in [3.8, 4) is 0 Å². The van der Waals surface area contributed by atoms with Gasteiger partial charge in [-0.15, -0.1) is 0 Å². The van der Waals surface area contributed by atoms with Gasteiger partial charge in [0, 0.05) is 55.4 Å². The number of carbonyl (C=O) groups excluding carboxylic acids is 11. The number of hydrogen-bond donors (Lipinski definition) is 6. The van der Waals surface area contributed by atoms with Crippen molar-refractivity contribution in [3.63, 3.8) is 0 Å². The molecule has 14 atom stereocenters. The van der Waals surface area contributed by atoms with Crippen molar-refractivity contribution >= 4 is 65.4 Å². The molecular formula is C38H58N6O21. The molecule has 2 aliphatic heterocycles. The highest BCUT2D eigenvalue weighted by Crippen LogP contribution is 2.30. The summed E-state index contributed by atoms with van der Waals surface area (Å²) < 4.78 is 55.7. The highest BCUT2D eigenvalue weighted by Gasteiger charge is 2.53. The standard InChI is InChI=1S/C38H58N6O21/c1-14(34(40)53)41-36(55)27(15(2)59-38-29(43-17(4)46)33(63-23(10)52)31(61-21(8)50)26(65-38)13-57-19(6)48)44-35(54)24(39)11-58-37-28(42-16(3)45)32(62-22(9)51)30(60-20(7)49)25(64-37)12-56-18(5)47/h14-15,24-33,37-38H,11-13,39H2,1-10H3,(H2,40,53)(H,41,55)(H,42,45)(H,43,46)(H,44,54)/t14-,15+,24-,25+,26+,27-,28+,29+,30-,31-,32+,33+,37-,38-/m0/s1. The molecule has 366 valence electrons. The van der Waals surface area contributed by atoms with E-state index in [4.69, 9.17) is 58.8 Å². The first-order valence-electron chi connectivity index (χ1n) is 20.0. The van der Waals surface area contributed by atoms with Gasteiger partial charge in [0.2, 0.25) is 29.5 Å². The van der Waals surface area contributed by atoms with E-state index in [0.29, 0.717) is 0 Å². The molecule has 5 amide bonds. The Balaban J connectivity index is 2.53. The Morgan fingerprint density at radius 2 is 0.954 bits per heavy atom. The smallest absolute Gasteiger partial charge is 0.303 e. The van der Waals surface area contributed by atoms with Gasteiger partial charge in [-0.3, -0.25) is 52.7 Å². The van der Waals surface area contributed by atoms with Crippen LogP contribution in [0.2, 0.25) is 0 Å². The molecule has 0 aliphatic carbocycles. The van der Waals surface area contributed by atoms with Crippen LogP contribution in [-0.4, -0.2) is 171 Å². The van der Waals surface area contributed by atoms with Crippen LogP contribution in [0.25, 0.3) is 0 Å². The van der Waals surface area contributed by atoms with E-state index in [1.165, 1.54) is 13.8 Å². The second-order valence-electron chi connectivity index (χ2n) is 14.8. The summed E-state index contributed by atoms with van der Waals surface area (Å²) in [6.45, 7) is 9.04. The lowest BCUT2D eigenvalue weighted by Crippen LogP contribution is -2.68. The number of rotatable bonds is 21. The van der Waals surface area contributed by atoms with Gasteiger partial charge in [0.15, 0.2) is 37.0 Å². The third kappa shape index (κ3) is 17.8. The van der Waals surface area contributed by atoms with Gasteiger partial charge in [0.1, 0.15) is 55.6 Å². The highest BCUT2D eigenvalue weighted by molar-refractivity contribution is 5.93. The average Bonchev–Trinajstić information content (AvgIpc) is 3.17. The van der Waals surface area contributed by atoms with E-state index < -0.39 is 171 Å². The van der Waals surface area contributed by atoms with Gasteiger partial charge in [-0.2, -0.15) is 0 Å². The largest absolute Gasteiger partial charge is 0.463 e. The van der Waals surface area contributed by atoms with Gasteiger partial charge in [-0.1, -0.05) is 0 Å². The fourth-order valence-corrected chi connectivity index (χ4v) is 6.44. The summed E-state index contributed by atoms with van der Waals surface area (Å²) in [7, 11) is 0. The normalized spacial score (nSPS) is 26.8. The maximum absolute atomic E-state index is 13.8. The van der Waals surface area contributed by atoms with Gasteiger partial charge < -0.3 is 80.1 Å². The Labute approximate surface area is 372 Å². The molecule has 0 unspecified atom stereocenters. The lowest BCUT2D eigenvalue weighted by molar-refractivity contribution is -0.287. The van der Waals surface area contributed by atoms with Crippen molar-refractivity contribution < 1.29 is 100 Å². The van der Waals surface area contributed by atoms with Gasteiger partial charge in [0.25, 0.3) is 0 Å². The zero-order valence-electron chi connectivity index (χ0n) is 37.4. The van der Waals surface area contributed by atoms with E-state index in [1.807, 2.05) is 0 Å². The Morgan fingerprint density at radius 3 is 1.34 bits per heavy atom. The predicted octanol–water partition coefficient (Wildman–Crippen LogP) is -4.48. The summed E-state index contributed by atoms with van der Waals surface area (Å²) in [4.78, 5) is 137. The lowest BCUT2D eigenvalue weighted by Gasteiger charge is -2.46. The molecular weight excluding hydrogens is 876 g/mol. The van der Waals surface area contributed by atoms with Crippen molar-refractivity contribution in [1.82, 2.24) is 21.3 Å². The Kier molecular flexibility index (Phi) is 21.6. The average molecular weight is 935 g/mol. The summed E-state index contributed by atoms with van der Waals surface area (Å²) in [5, 5.41) is 9.67. The van der Waals surface area contributed by atoms with E-state index in [2.05, 4.69) is 21.3 Å². The fourth-order valence-electron chi connectivity index (χ4n) is 6.44. The van der Waals surface area contributed by atoms with Crippen LogP contribution in [-0.2, 0) is 100 Å². The maximum Gasteiger partial charge on any atom is 0.303 e. The second kappa shape index (κ2) is 25.5. The van der Waals surface area contributed by atoms with E-state index in [0.717, 1.165) is 55.4 Å². The van der Waals surface area contributed by atoms with Crippen molar-refractivity contribution in [2.45, 2.75) is 155 Å². The first-order chi connectivity index (χ1) is 30.2. The van der Waals surface area contributed by atoms with Gasteiger partial charge in [-0.05, 0) is 13.8 Å². The molecule has 27 nitrogen and oxygen atoms in total. The van der Waals surface area contributed by atoms with E-state index in [-0.39, 0.29) is 0 Å². The second-order valence-corrected chi connectivity index (χ2v) is 14.8. The molecule has 0 aromatic heterocycles. The molecule has 0 spiro atoms. The van der Waals surface area contributed by atoms with Crippen molar-refractivity contribution in [1.29, 1.82) is 0 Å². The van der Waals surface area contributed by atoms with Gasteiger partial charge >= 0.3 is 35.8 Å². The Hall–Kier alpha value is -6.03. The lowest BCUT2D eigenvalue weighted by atomic mass is 9.95. The molecule has 0 aromatic rings.